The largest absolute Gasteiger partial charge is 0.356 e. The molecule has 0 spiro atoms. The molecule has 1 atom stereocenters. The molecule has 2 amide bonds. The minimum atomic E-state index is -0.212. The first-order valence-electron chi connectivity index (χ1n) is 6.65. The highest BCUT2D eigenvalue weighted by molar-refractivity contribution is 5.79. The third-order valence-electron chi connectivity index (χ3n) is 2.83. The molecule has 1 unspecified atom stereocenters. The topological polar surface area (TPSA) is 70.2 Å². The van der Waals surface area contributed by atoms with E-state index in [9.17, 15) is 9.59 Å². The van der Waals surface area contributed by atoms with E-state index in [1.807, 2.05) is 20.8 Å². The fourth-order valence-electron chi connectivity index (χ4n) is 2.02. The van der Waals surface area contributed by atoms with Crippen LogP contribution in [0.4, 0.5) is 0 Å². The van der Waals surface area contributed by atoms with Gasteiger partial charge in [-0.25, -0.2) is 0 Å². The zero-order valence-electron chi connectivity index (χ0n) is 11.6. The molecule has 0 saturated carbocycles. The van der Waals surface area contributed by atoms with Crippen molar-refractivity contribution in [2.45, 2.75) is 45.6 Å². The smallest absolute Gasteiger partial charge is 0.222 e. The molecule has 1 fully saturated rings. The van der Waals surface area contributed by atoms with Crippen LogP contribution in [0.15, 0.2) is 0 Å². The van der Waals surface area contributed by atoms with Gasteiger partial charge < -0.3 is 16.0 Å². The van der Waals surface area contributed by atoms with Crippen molar-refractivity contribution >= 4 is 11.8 Å². The minimum Gasteiger partial charge on any atom is -0.356 e. The molecule has 5 nitrogen and oxygen atoms in total. The molecule has 0 radical (unpaired) electrons. The Labute approximate surface area is 109 Å². The van der Waals surface area contributed by atoms with E-state index in [1.165, 1.54) is 0 Å². The lowest BCUT2D eigenvalue weighted by Crippen LogP contribution is -2.42. The lowest BCUT2D eigenvalue weighted by molar-refractivity contribution is -0.123. The predicted octanol–water partition coefficient (Wildman–Crippen LogP) is 0.407. The van der Waals surface area contributed by atoms with Crippen LogP contribution in [0.3, 0.4) is 0 Å². The van der Waals surface area contributed by atoms with Crippen LogP contribution >= 0.6 is 0 Å². The second-order valence-electron chi connectivity index (χ2n) is 5.96. The molecule has 1 aliphatic heterocycles. The van der Waals surface area contributed by atoms with Gasteiger partial charge in [0.15, 0.2) is 0 Å². The Morgan fingerprint density at radius 3 is 2.56 bits per heavy atom. The standard InChI is InChI=1S/C13H25N3O2/c1-13(2,3)16-11(17)5-7-15-12(18)8-10-4-6-14-9-10/h10,14H,4-9H2,1-3H3,(H,15,18)(H,16,17). The molecule has 0 aromatic rings. The lowest BCUT2D eigenvalue weighted by Gasteiger charge is -2.20. The van der Waals surface area contributed by atoms with Crippen molar-refractivity contribution in [1.82, 2.24) is 16.0 Å². The van der Waals surface area contributed by atoms with Crippen molar-refractivity contribution in [2.75, 3.05) is 19.6 Å². The quantitative estimate of drug-likeness (QED) is 0.666. The van der Waals surface area contributed by atoms with Crippen molar-refractivity contribution in [1.29, 1.82) is 0 Å². The molecular formula is C13H25N3O2. The minimum absolute atomic E-state index is 0.0228. The normalized spacial score (nSPS) is 19.6. The highest BCUT2D eigenvalue weighted by Crippen LogP contribution is 2.11. The summed E-state index contributed by atoms with van der Waals surface area (Å²) in [5.74, 6) is 0.478. The average Bonchev–Trinajstić information content (AvgIpc) is 2.67. The van der Waals surface area contributed by atoms with E-state index in [2.05, 4.69) is 16.0 Å². The van der Waals surface area contributed by atoms with Gasteiger partial charge in [-0.15, -0.1) is 0 Å². The van der Waals surface area contributed by atoms with Gasteiger partial charge in [0.2, 0.25) is 11.8 Å². The number of hydrogen-bond donors (Lipinski definition) is 3. The van der Waals surface area contributed by atoms with Crippen LogP contribution in [0.2, 0.25) is 0 Å². The molecule has 1 aliphatic rings. The van der Waals surface area contributed by atoms with Gasteiger partial charge in [0.05, 0.1) is 0 Å². The Kier molecular flexibility index (Phi) is 5.59. The van der Waals surface area contributed by atoms with Crippen molar-refractivity contribution in [3.63, 3.8) is 0 Å². The van der Waals surface area contributed by atoms with Gasteiger partial charge in [-0.05, 0) is 46.2 Å². The van der Waals surface area contributed by atoms with Crippen LogP contribution in [0, 0.1) is 5.92 Å². The molecule has 1 heterocycles. The third-order valence-corrected chi connectivity index (χ3v) is 2.83. The molecule has 1 rings (SSSR count). The maximum absolute atomic E-state index is 11.6. The summed E-state index contributed by atoms with van der Waals surface area (Å²) in [6, 6.07) is 0. The SMILES string of the molecule is CC(C)(C)NC(=O)CCNC(=O)CC1CCNC1. The highest BCUT2D eigenvalue weighted by Gasteiger charge is 2.18. The zero-order chi connectivity index (χ0) is 13.6. The van der Waals surface area contributed by atoms with Crippen LogP contribution in [0.25, 0.3) is 0 Å². The summed E-state index contributed by atoms with van der Waals surface area (Å²) < 4.78 is 0. The molecule has 0 bridgehead atoms. The van der Waals surface area contributed by atoms with Crippen molar-refractivity contribution in [3.8, 4) is 0 Å². The summed E-state index contributed by atoms with van der Waals surface area (Å²) >= 11 is 0. The summed E-state index contributed by atoms with van der Waals surface area (Å²) in [7, 11) is 0. The van der Waals surface area contributed by atoms with E-state index in [0.29, 0.717) is 25.3 Å². The fourth-order valence-corrected chi connectivity index (χ4v) is 2.02. The first kappa shape index (κ1) is 15.0. The van der Waals surface area contributed by atoms with Crippen LogP contribution in [0.1, 0.15) is 40.0 Å². The Balaban J connectivity index is 2.09. The Morgan fingerprint density at radius 1 is 1.28 bits per heavy atom. The summed E-state index contributed by atoms with van der Waals surface area (Å²) in [5, 5.41) is 8.90. The number of rotatable bonds is 5. The number of carbonyl (C=O) groups is 2. The number of hydrogen-bond acceptors (Lipinski definition) is 3. The van der Waals surface area contributed by atoms with Gasteiger partial charge in [-0.2, -0.15) is 0 Å². The average molecular weight is 255 g/mol. The molecule has 18 heavy (non-hydrogen) atoms. The van der Waals surface area contributed by atoms with Crippen molar-refractivity contribution < 1.29 is 9.59 Å². The van der Waals surface area contributed by atoms with E-state index in [1.54, 1.807) is 0 Å². The number of amides is 2. The summed E-state index contributed by atoms with van der Waals surface area (Å²) in [6.07, 6.45) is 1.97. The Bertz CT molecular complexity index is 291. The highest BCUT2D eigenvalue weighted by atomic mass is 16.2. The van der Waals surface area contributed by atoms with Gasteiger partial charge in [0.25, 0.3) is 0 Å². The van der Waals surface area contributed by atoms with E-state index in [-0.39, 0.29) is 17.4 Å². The van der Waals surface area contributed by atoms with E-state index in [0.717, 1.165) is 19.5 Å². The van der Waals surface area contributed by atoms with Crippen LogP contribution in [-0.4, -0.2) is 37.0 Å². The second kappa shape index (κ2) is 6.73. The molecule has 0 aromatic heterocycles. The van der Waals surface area contributed by atoms with Crippen LogP contribution in [0.5, 0.6) is 0 Å². The van der Waals surface area contributed by atoms with Gasteiger partial charge >= 0.3 is 0 Å². The summed E-state index contributed by atoms with van der Waals surface area (Å²) in [5.41, 5.74) is -0.212. The molecule has 0 aromatic carbocycles. The van der Waals surface area contributed by atoms with Gasteiger partial charge in [-0.3, -0.25) is 9.59 Å². The maximum Gasteiger partial charge on any atom is 0.222 e. The van der Waals surface area contributed by atoms with Crippen molar-refractivity contribution in [3.05, 3.63) is 0 Å². The monoisotopic (exact) mass is 255 g/mol. The first-order valence-corrected chi connectivity index (χ1v) is 6.65. The second-order valence-corrected chi connectivity index (χ2v) is 5.96. The Morgan fingerprint density at radius 2 is 2.00 bits per heavy atom. The third kappa shape index (κ3) is 6.59. The van der Waals surface area contributed by atoms with Gasteiger partial charge in [-0.1, -0.05) is 0 Å². The van der Waals surface area contributed by atoms with Gasteiger partial charge in [0, 0.05) is 24.9 Å². The summed E-state index contributed by atoms with van der Waals surface area (Å²) in [4.78, 5) is 23.1. The maximum atomic E-state index is 11.6. The van der Waals surface area contributed by atoms with Gasteiger partial charge in [0.1, 0.15) is 0 Å². The van der Waals surface area contributed by atoms with Crippen LogP contribution in [-0.2, 0) is 9.59 Å². The first-order chi connectivity index (χ1) is 8.37. The molecule has 3 N–H and O–H groups in total. The van der Waals surface area contributed by atoms with E-state index >= 15 is 0 Å². The predicted molar refractivity (Wildman–Crippen MR) is 71.1 cm³/mol. The summed E-state index contributed by atoms with van der Waals surface area (Å²) in [6.45, 7) is 8.18. The van der Waals surface area contributed by atoms with Crippen LogP contribution < -0.4 is 16.0 Å². The number of nitrogens with one attached hydrogen (secondary N) is 3. The molecule has 104 valence electrons. The number of carbonyl (C=O) groups excluding carboxylic acids is 2. The molecular weight excluding hydrogens is 230 g/mol. The van der Waals surface area contributed by atoms with E-state index in [4.69, 9.17) is 0 Å². The fraction of sp³-hybridized carbons (Fsp3) is 0.846. The Hall–Kier alpha value is -1.10. The molecule has 1 saturated heterocycles. The molecule has 0 aliphatic carbocycles. The van der Waals surface area contributed by atoms with Crippen molar-refractivity contribution in [2.24, 2.45) is 5.92 Å². The lowest BCUT2D eigenvalue weighted by atomic mass is 10.0. The zero-order valence-corrected chi connectivity index (χ0v) is 11.6. The molecule has 5 heteroatoms. The van der Waals surface area contributed by atoms with E-state index < -0.39 is 0 Å².